The van der Waals surface area contributed by atoms with Crippen LogP contribution in [0.25, 0.3) is 0 Å². The van der Waals surface area contributed by atoms with Crippen molar-refractivity contribution >= 4 is 10.0 Å². The van der Waals surface area contributed by atoms with Crippen LogP contribution in [0, 0.1) is 0 Å². The van der Waals surface area contributed by atoms with Gasteiger partial charge in [0.15, 0.2) is 0 Å². The second kappa shape index (κ2) is 6.68. The maximum Gasteiger partial charge on any atom is 0.215 e. The van der Waals surface area contributed by atoms with Crippen LogP contribution in [0.2, 0.25) is 0 Å². The molecule has 0 aromatic rings. The zero-order valence-electron chi connectivity index (χ0n) is 11.0. The zero-order chi connectivity index (χ0) is 12.9. The van der Waals surface area contributed by atoms with Gasteiger partial charge >= 0.3 is 0 Å². The molecule has 0 saturated carbocycles. The highest BCUT2D eigenvalue weighted by atomic mass is 32.2. The smallest absolute Gasteiger partial charge is 0.215 e. The van der Waals surface area contributed by atoms with Crippen molar-refractivity contribution in [1.29, 1.82) is 0 Å². The minimum atomic E-state index is -3.14. The number of nitrogens with zero attached hydrogens (tertiary/aromatic N) is 1. The van der Waals surface area contributed by atoms with E-state index in [1.54, 1.807) is 7.05 Å². The van der Waals surface area contributed by atoms with Crippen molar-refractivity contribution in [3.63, 3.8) is 0 Å². The monoisotopic (exact) mass is 264 g/mol. The van der Waals surface area contributed by atoms with Crippen LogP contribution >= 0.6 is 0 Å². The standard InChI is InChI=1S/C11H24N2O3S/c1-10(2)12-6-9-17(14,15)13(3)11-4-7-16-8-5-11/h10-12H,4-9H2,1-3H3. The largest absolute Gasteiger partial charge is 0.381 e. The van der Waals surface area contributed by atoms with Gasteiger partial charge in [-0.1, -0.05) is 13.8 Å². The molecule has 0 bridgehead atoms. The average molecular weight is 264 g/mol. The summed E-state index contributed by atoms with van der Waals surface area (Å²) >= 11 is 0. The highest BCUT2D eigenvalue weighted by molar-refractivity contribution is 7.89. The summed E-state index contributed by atoms with van der Waals surface area (Å²) in [5, 5.41) is 3.13. The lowest BCUT2D eigenvalue weighted by molar-refractivity contribution is 0.0632. The van der Waals surface area contributed by atoms with Gasteiger partial charge in [-0.25, -0.2) is 12.7 Å². The number of hydrogen-bond acceptors (Lipinski definition) is 4. The van der Waals surface area contributed by atoms with Gasteiger partial charge in [-0.05, 0) is 12.8 Å². The summed E-state index contributed by atoms with van der Waals surface area (Å²) in [5.41, 5.74) is 0. The topological polar surface area (TPSA) is 58.6 Å². The molecule has 0 radical (unpaired) electrons. The van der Waals surface area contributed by atoms with E-state index in [4.69, 9.17) is 4.74 Å². The molecule has 0 unspecified atom stereocenters. The lowest BCUT2D eigenvalue weighted by Gasteiger charge is -2.30. The first-order valence-corrected chi connectivity index (χ1v) is 7.81. The number of nitrogens with one attached hydrogen (secondary N) is 1. The Labute approximate surface area is 105 Å². The third-order valence-electron chi connectivity index (χ3n) is 3.06. The fraction of sp³-hybridized carbons (Fsp3) is 1.00. The first kappa shape index (κ1) is 14.9. The van der Waals surface area contributed by atoms with Gasteiger partial charge in [-0.3, -0.25) is 0 Å². The van der Waals surface area contributed by atoms with E-state index in [0.717, 1.165) is 12.8 Å². The van der Waals surface area contributed by atoms with Crippen molar-refractivity contribution < 1.29 is 13.2 Å². The van der Waals surface area contributed by atoms with E-state index in [1.807, 2.05) is 13.8 Å². The Morgan fingerprint density at radius 3 is 2.47 bits per heavy atom. The van der Waals surface area contributed by atoms with Gasteiger partial charge < -0.3 is 10.1 Å². The summed E-state index contributed by atoms with van der Waals surface area (Å²) in [6.45, 7) is 5.85. The summed E-state index contributed by atoms with van der Waals surface area (Å²) in [7, 11) is -1.46. The van der Waals surface area contributed by atoms with Crippen LogP contribution in [0.1, 0.15) is 26.7 Å². The normalized spacial score (nSPS) is 19.1. The molecule has 1 aliphatic heterocycles. The van der Waals surface area contributed by atoms with E-state index in [-0.39, 0.29) is 11.8 Å². The Morgan fingerprint density at radius 2 is 1.94 bits per heavy atom. The Bertz CT molecular complexity index is 311. The fourth-order valence-electron chi connectivity index (χ4n) is 1.90. The van der Waals surface area contributed by atoms with E-state index in [1.165, 1.54) is 4.31 Å². The van der Waals surface area contributed by atoms with Crippen molar-refractivity contribution in [3.05, 3.63) is 0 Å². The summed E-state index contributed by atoms with van der Waals surface area (Å²) < 4.78 is 30.9. The summed E-state index contributed by atoms with van der Waals surface area (Å²) in [5.74, 6) is 0.166. The van der Waals surface area contributed by atoms with Crippen LogP contribution in [-0.4, -0.2) is 57.4 Å². The van der Waals surface area contributed by atoms with Gasteiger partial charge in [0.05, 0.1) is 5.75 Å². The molecule has 1 rings (SSSR count). The van der Waals surface area contributed by atoms with Gasteiger partial charge in [0.1, 0.15) is 0 Å². The number of rotatable bonds is 6. The molecule has 17 heavy (non-hydrogen) atoms. The Morgan fingerprint density at radius 1 is 1.35 bits per heavy atom. The van der Waals surface area contributed by atoms with Gasteiger partial charge in [0.2, 0.25) is 10.0 Å². The molecular formula is C11H24N2O3S. The van der Waals surface area contributed by atoms with Crippen molar-refractivity contribution in [3.8, 4) is 0 Å². The molecule has 0 aromatic carbocycles. The molecule has 0 amide bonds. The molecule has 5 nitrogen and oxygen atoms in total. The van der Waals surface area contributed by atoms with Crippen LogP contribution in [0.5, 0.6) is 0 Å². The first-order chi connectivity index (χ1) is 7.93. The lowest BCUT2D eigenvalue weighted by atomic mass is 10.1. The minimum Gasteiger partial charge on any atom is -0.381 e. The van der Waals surface area contributed by atoms with E-state index in [2.05, 4.69) is 5.32 Å². The quantitative estimate of drug-likeness (QED) is 0.755. The predicted molar refractivity (Wildman–Crippen MR) is 68.5 cm³/mol. The zero-order valence-corrected chi connectivity index (χ0v) is 11.8. The summed E-state index contributed by atoms with van der Waals surface area (Å²) in [6.07, 6.45) is 1.60. The van der Waals surface area contributed by atoms with Crippen LogP contribution in [0.4, 0.5) is 0 Å². The molecule has 0 aliphatic carbocycles. The molecule has 0 spiro atoms. The predicted octanol–water partition coefficient (Wildman–Crippen LogP) is 0.425. The number of ether oxygens (including phenoxy) is 1. The molecule has 1 N–H and O–H groups in total. The van der Waals surface area contributed by atoms with Crippen LogP contribution in [-0.2, 0) is 14.8 Å². The van der Waals surface area contributed by atoms with Crippen molar-refractivity contribution in [2.24, 2.45) is 0 Å². The second-order valence-corrected chi connectivity index (χ2v) is 6.93. The fourth-order valence-corrected chi connectivity index (χ4v) is 3.23. The van der Waals surface area contributed by atoms with Gasteiger partial charge in [0.25, 0.3) is 0 Å². The van der Waals surface area contributed by atoms with E-state index in [0.29, 0.717) is 25.8 Å². The lowest BCUT2D eigenvalue weighted by Crippen LogP contribution is -2.43. The molecule has 1 fully saturated rings. The van der Waals surface area contributed by atoms with Crippen LogP contribution in [0.15, 0.2) is 0 Å². The highest BCUT2D eigenvalue weighted by Gasteiger charge is 2.27. The maximum absolute atomic E-state index is 12.1. The van der Waals surface area contributed by atoms with Crippen molar-refractivity contribution in [2.45, 2.75) is 38.8 Å². The molecule has 0 atom stereocenters. The van der Waals surface area contributed by atoms with E-state index < -0.39 is 10.0 Å². The maximum atomic E-state index is 12.1. The Kier molecular flexibility index (Phi) is 5.85. The average Bonchev–Trinajstić information content (AvgIpc) is 2.28. The summed E-state index contributed by atoms with van der Waals surface area (Å²) in [6, 6.07) is 0.423. The van der Waals surface area contributed by atoms with Crippen LogP contribution < -0.4 is 5.32 Å². The van der Waals surface area contributed by atoms with Gasteiger partial charge in [0, 0.05) is 38.9 Å². The number of hydrogen-bond donors (Lipinski definition) is 1. The molecule has 6 heteroatoms. The third-order valence-corrected chi connectivity index (χ3v) is 4.95. The third kappa shape index (κ3) is 4.91. The summed E-state index contributed by atoms with van der Waals surface area (Å²) in [4.78, 5) is 0. The molecular weight excluding hydrogens is 240 g/mol. The van der Waals surface area contributed by atoms with E-state index >= 15 is 0 Å². The van der Waals surface area contributed by atoms with Crippen molar-refractivity contribution in [1.82, 2.24) is 9.62 Å². The van der Waals surface area contributed by atoms with Crippen molar-refractivity contribution in [2.75, 3.05) is 32.6 Å². The molecule has 1 heterocycles. The SMILES string of the molecule is CC(C)NCCS(=O)(=O)N(C)C1CCOCC1. The molecule has 0 aromatic heterocycles. The number of sulfonamides is 1. The Hall–Kier alpha value is -0.170. The molecule has 1 aliphatic rings. The Balaban J connectivity index is 2.44. The van der Waals surface area contributed by atoms with Crippen LogP contribution in [0.3, 0.4) is 0 Å². The first-order valence-electron chi connectivity index (χ1n) is 6.20. The molecule has 1 saturated heterocycles. The van der Waals surface area contributed by atoms with Gasteiger partial charge in [-0.2, -0.15) is 0 Å². The minimum absolute atomic E-state index is 0.104. The van der Waals surface area contributed by atoms with E-state index in [9.17, 15) is 8.42 Å². The van der Waals surface area contributed by atoms with Gasteiger partial charge in [-0.15, -0.1) is 0 Å². The highest BCUT2D eigenvalue weighted by Crippen LogP contribution is 2.16. The molecule has 102 valence electrons. The second-order valence-electron chi connectivity index (χ2n) is 4.78.